The maximum atomic E-state index is 13.9. The summed E-state index contributed by atoms with van der Waals surface area (Å²) < 4.78 is 26.8. The van der Waals surface area contributed by atoms with E-state index in [1.807, 2.05) is 4.90 Å². The molecule has 1 saturated heterocycles. The van der Waals surface area contributed by atoms with Gasteiger partial charge in [0, 0.05) is 31.7 Å². The Balaban J connectivity index is 1.58. The Bertz CT molecular complexity index is 799. The zero-order valence-electron chi connectivity index (χ0n) is 13.9. The van der Waals surface area contributed by atoms with Crippen LogP contribution in [0.25, 0.3) is 0 Å². The predicted octanol–water partition coefficient (Wildman–Crippen LogP) is 3.26. The minimum Gasteiger partial charge on any atom is -0.336 e. The van der Waals surface area contributed by atoms with Crippen LogP contribution < -0.4 is 0 Å². The average Bonchev–Trinajstić information content (AvgIpc) is 2.62. The highest BCUT2D eigenvalue weighted by Gasteiger charge is 2.26. The summed E-state index contributed by atoms with van der Waals surface area (Å²) in [5.74, 6) is -1.59. The molecule has 136 valence electrons. The van der Waals surface area contributed by atoms with Crippen molar-refractivity contribution < 1.29 is 18.4 Å². The summed E-state index contributed by atoms with van der Waals surface area (Å²) in [7, 11) is 0. The molecule has 0 N–H and O–H groups in total. The number of hydrogen-bond acceptors (Lipinski definition) is 3. The SMILES string of the molecule is O=C(CN1CCN(C(=O)c2c(F)cccc2Cl)CC1)c1ccc(F)cc1. The summed E-state index contributed by atoms with van der Waals surface area (Å²) in [5, 5.41) is 0.0870. The Hall–Kier alpha value is -2.31. The lowest BCUT2D eigenvalue weighted by Gasteiger charge is -2.34. The maximum Gasteiger partial charge on any atom is 0.258 e. The van der Waals surface area contributed by atoms with Gasteiger partial charge in [0.15, 0.2) is 5.78 Å². The van der Waals surface area contributed by atoms with Crippen molar-refractivity contribution in [2.75, 3.05) is 32.7 Å². The Kier molecular flexibility index (Phi) is 5.64. The third kappa shape index (κ3) is 4.08. The van der Waals surface area contributed by atoms with Crippen molar-refractivity contribution in [1.82, 2.24) is 9.80 Å². The molecular formula is C19H17ClF2N2O2. The molecule has 0 atom stereocenters. The molecule has 1 aliphatic heterocycles. The Morgan fingerprint density at radius 1 is 0.962 bits per heavy atom. The van der Waals surface area contributed by atoms with E-state index in [2.05, 4.69) is 0 Å². The summed E-state index contributed by atoms with van der Waals surface area (Å²) >= 11 is 5.95. The highest BCUT2D eigenvalue weighted by molar-refractivity contribution is 6.33. The van der Waals surface area contributed by atoms with E-state index in [1.54, 1.807) is 0 Å². The topological polar surface area (TPSA) is 40.6 Å². The van der Waals surface area contributed by atoms with E-state index in [1.165, 1.54) is 47.4 Å². The molecule has 0 spiro atoms. The van der Waals surface area contributed by atoms with Crippen LogP contribution in [0.3, 0.4) is 0 Å². The first-order valence-electron chi connectivity index (χ1n) is 8.20. The van der Waals surface area contributed by atoms with Gasteiger partial charge in [0.2, 0.25) is 0 Å². The number of hydrogen-bond donors (Lipinski definition) is 0. The van der Waals surface area contributed by atoms with Gasteiger partial charge in [-0.25, -0.2) is 8.78 Å². The van der Waals surface area contributed by atoms with Gasteiger partial charge in [-0.3, -0.25) is 14.5 Å². The maximum absolute atomic E-state index is 13.9. The van der Waals surface area contributed by atoms with Gasteiger partial charge in [0.1, 0.15) is 11.6 Å². The second-order valence-electron chi connectivity index (χ2n) is 6.10. The molecule has 2 aromatic rings. The molecule has 7 heteroatoms. The Labute approximate surface area is 155 Å². The minimum atomic E-state index is -0.642. The molecule has 0 bridgehead atoms. The van der Waals surface area contributed by atoms with Crippen molar-refractivity contribution in [1.29, 1.82) is 0 Å². The van der Waals surface area contributed by atoms with E-state index in [9.17, 15) is 18.4 Å². The molecule has 0 aromatic heterocycles. The first kappa shape index (κ1) is 18.5. The second kappa shape index (κ2) is 7.93. The number of carbonyl (C=O) groups excluding carboxylic acids is 2. The van der Waals surface area contributed by atoms with Crippen LogP contribution in [0.15, 0.2) is 42.5 Å². The molecule has 26 heavy (non-hydrogen) atoms. The smallest absolute Gasteiger partial charge is 0.258 e. The number of carbonyl (C=O) groups is 2. The predicted molar refractivity (Wildman–Crippen MR) is 94.5 cm³/mol. The lowest BCUT2D eigenvalue weighted by atomic mass is 10.1. The third-order valence-corrected chi connectivity index (χ3v) is 4.68. The second-order valence-corrected chi connectivity index (χ2v) is 6.50. The van der Waals surface area contributed by atoms with Crippen molar-refractivity contribution in [2.24, 2.45) is 0 Å². The number of Topliss-reactive ketones (excluding diaryl/α,β-unsaturated/α-hetero) is 1. The van der Waals surface area contributed by atoms with Gasteiger partial charge in [-0.1, -0.05) is 17.7 Å². The molecule has 2 aromatic carbocycles. The molecule has 1 fully saturated rings. The fourth-order valence-electron chi connectivity index (χ4n) is 2.90. The van der Waals surface area contributed by atoms with Crippen LogP contribution in [0.2, 0.25) is 5.02 Å². The molecule has 0 unspecified atom stereocenters. The van der Waals surface area contributed by atoms with Crippen molar-refractivity contribution in [3.63, 3.8) is 0 Å². The van der Waals surface area contributed by atoms with E-state index in [4.69, 9.17) is 11.6 Å². The summed E-state index contributed by atoms with van der Waals surface area (Å²) in [5.41, 5.74) is 0.327. The van der Waals surface area contributed by atoms with Gasteiger partial charge < -0.3 is 4.90 Å². The Morgan fingerprint density at radius 2 is 1.62 bits per heavy atom. The normalized spacial score (nSPS) is 15.1. The number of halogens is 3. The monoisotopic (exact) mass is 378 g/mol. The number of piperazine rings is 1. The van der Waals surface area contributed by atoms with Crippen molar-refractivity contribution >= 4 is 23.3 Å². The van der Waals surface area contributed by atoms with Gasteiger partial charge in [0.25, 0.3) is 5.91 Å². The molecule has 3 rings (SSSR count). The van der Waals surface area contributed by atoms with Crippen LogP contribution in [0, 0.1) is 11.6 Å². The number of benzene rings is 2. The summed E-state index contributed by atoms with van der Waals surface area (Å²) in [6, 6.07) is 9.55. The van der Waals surface area contributed by atoms with Crippen LogP contribution in [0.4, 0.5) is 8.78 Å². The van der Waals surface area contributed by atoms with Crippen LogP contribution in [-0.2, 0) is 0 Å². The van der Waals surface area contributed by atoms with Crippen LogP contribution in [0.5, 0.6) is 0 Å². The quantitative estimate of drug-likeness (QED) is 0.767. The van der Waals surface area contributed by atoms with Gasteiger partial charge in [-0.2, -0.15) is 0 Å². The minimum absolute atomic E-state index is 0.0870. The first-order chi connectivity index (χ1) is 12.5. The molecule has 1 amide bonds. The fraction of sp³-hybridized carbons (Fsp3) is 0.263. The van der Waals surface area contributed by atoms with Crippen molar-refractivity contribution in [2.45, 2.75) is 0 Å². The van der Waals surface area contributed by atoms with Crippen molar-refractivity contribution in [3.8, 4) is 0 Å². The molecular weight excluding hydrogens is 362 g/mol. The van der Waals surface area contributed by atoms with Crippen LogP contribution in [-0.4, -0.2) is 54.2 Å². The van der Waals surface area contributed by atoms with Gasteiger partial charge in [0.05, 0.1) is 17.1 Å². The molecule has 0 radical (unpaired) electrons. The van der Waals surface area contributed by atoms with E-state index < -0.39 is 11.7 Å². The Morgan fingerprint density at radius 3 is 2.23 bits per heavy atom. The fourth-order valence-corrected chi connectivity index (χ4v) is 3.14. The van der Waals surface area contributed by atoms with Crippen LogP contribution >= 0.6 is 11.6 Å². The standard InChI is InChI=1S/C19H17ClF2N2O2/c20-15-2-1-3-16(22)18(15)19(26)24-10-8-23(9-11-24)12-17(25)13-4-6-14(21)7-5-13/h1-7H,8-12H2. The average molecular weight is 379 g/mol. The molecule has 0 saturated carbocycles. The van der Waals surface area contributed by atoms with Crippen LogP contribution in [0.1, 0.15) is 20.7 Å². The molecule has 1 aliphatic rings. The summed E-state index contributed by atoms with van der Waals surface area (Å²) in [6.45, 7) is 1.92. The number of rotatable bonds is 4. The largest absolute Gasteiger partial charge is 0.336 e. The number of ketones is 1. The highest BCUT2D eigenvalue weighted by Crippen LogP contribution is 2.21. The molecule has 0 aliphatic carbocycles. The number of amides is 1. The van der Waals surface area contributed by atoms with E-state index in [0.29, 0.717) is 31.7 Å². The highest BCUT2D eigenvalue weighted by atomic mass is 35.5. The molecule has 1 heterocycles. The zero-order chi connectivity index (χ0) is 18.7. The summed E-state index contributed by atoms with van der Waals surface area (Å²) in [6.07, 6.45) is 0. The first-order valence-corrected chi connectivity index (χ1v) is 8.58. The van der Waals surface area contributed by atoms with E-state index in [0.717, 1.165) is 0 Å². The van der Waals surface area contributed by atoms with Crippen molar-refractivity contribution in [3.05, 3.63) is 70.2 Å². The van der Waals surface area contributed by atoms with E-state index in [-0.39, 0.29) is 28.7 Å². The molecule has 4 nitrogen and oxygen atoms in total. The zero-order valence-corrected chi connectivity index (χ0v) is 14.7. The lowest BCUT2D eigenvalue weighted by Crippen LogP contribution is -2.50. The third-order valence-electron chi connectivity index (χ3n) is 4.37. The van der Waals surface area contributed by atoms with Gasteiger partial charge in [-0.05, 0) is 36.4 Å². The van der Waals surface area contributed by atoms with E-state index >= 15 is 0 Å². The summed E-state index contributed by atoms with van der Waals surface area (Å²) in [4.78, 5) is 28.2. The van der Waals surface area contributed by atoms with Gasteiger partial charge in [-0.15, -0.1) is 0 Å². The number of nitrogens with zero attached hydrogens (tertiary/aromatic N) is 2. The lowest BCUT2D eigenvalue weighted by molar-refractivity contribution is 0.0620. The van der Waals surface area contributed by atoms with Gasteiger partial charge >= 0.3 is 0 Å².